The molecule has 2 N–H and O–H groups in total. The van der Waals surface area contributed by atoms with Gasteiger partial charge in [0.05, 0.1) is 12.1 Å². The van der Waals surface area contributed by atoms with Crippen molar-refractivity contribution in [2.45, 2.75) is 6.04 Å². The molecule has 3 aromatic rings. The second-order valence-electron chi connectivity index (χ2n) is 5.84. The maximum Gasteiger partial charge on any atom is 0.251 e. The van der Waals surface area contributed by atoms with Gasteiger partial charge in [-0.05, 0) is 35.9 Å². The zero-order valence-corrected chi connectivity index (χ0v) is 15.3. The number of methoxy groups -OCH3 is 1. The highest BCUT2D eigenvalue weighted by molar-refractivity contribution is 6.31. The third-order valence-electron chi connectivity index (χ3n) is 3.96. The van der Waals surface area contributed by atoms with Gasteiger partial charge in [-0.25, -0.2) is 4.39 Å². The topological polar surface area (TPSA) is 50.4 Å². The van der Waals surface area contributed by atoms with Crippen LogP contribution in [0.1, 0.15) is 11.6 Å². The number of hydrogen-bond donors (Lipinski definition) is 2. The third-order valence-corrected chi connectivity index (χ3v) is 4.25. The second kappa shape index (κ2) is 8.56. The maximum atomic E-state index is 13.4. The van der Waals surface area contributed by atoms with Crippen molar-refractivity contribution >= 4 is 28.9 Å². The van der Waals surface area contributed by atoms with E-state index in [1.165, 1.54) is 18.2 Å². The first-order valence-electron chi connectivity index (χ1n) is 8.28. The summed E-state index contributed by atoms with van der Waals surface area (Å²) in [5, 5.41) is 5.98. The summed E-state index contributed by atoms with van der Waals surface area (Å²) in [4.78, 5) is 12.9. The van der Waals surface area contributed by atoms with E-state index in [1.54, 1.807) is 31.4 Å². The number of carbonyl (C=O) groups excluding carboxylic acids is 1. The van der Waals surface area contributed by atoms with Gasteiger partial charge in [-0.15, -0.1) is 0 Å². The first-order chi connectivity index (χ1) is 13.1. The number of hydrogen-bond acceptors (Lipinski definition) is 3. The number of halogens is 2. The fourth-order valence-electron chi connectivity index (χ4n) is 2.61. The Bertz CT molecular complexity index is 934. The summed E-state index contributed by atoms with van der Waals surface area (Å²) in [5.41, 5.74) is 1.91. The average molecular weight is 385 g/mol. The Morgan fingerprint density at radius 1 is 1.00 bits per heavy atom. The zero-order valence-electron chi connectivity index (χ0n) is 14.6. The lowest BCUT2D eigenvalue weighted by Crippen LogP contribution is -2.27. The van der Waals surface area contributed by atoms with Gasteiger partial charge in [0, 0.05) is 17.4 Å². The number of carbonyl (C=O) groups is 1. The van der Waals surface area contributed by atoms with Crippen molar-refractivity contribution in [1.29, 1.82) is 0 Å². The Balaban J connectivity index is 1.87. The molecule has 0 aromatic heterocycles. The van der Waals surface area contributed by atoms with Gasteiger partial charge in [-0.2, -0.15) is 0 Å². The Hall–Kier alpha value is -3.05. The van der Waals surface area contributed by atoms with E-state index in [4.69, 9.17) is 16.3 Å². The zero-order chi connectivity index (χ0) is 19.2. The lowest BCUT2D eigenvalue weighted by molar-refractivity contribution is -0.117. The predicted octanol–water partition coefficient (Wildman–Crippen LogP) is 5.28. The van der Waals surface area contributed by atoms with Crippen LogP contribution < -0.4 is 15.4 Å². The fraction of sp³-hybridized carbons (Fsp3) is 0.0952. The molecule has 0 radical (unpaired) electrons. The quantitative estimate of drug-likeness (QED) is 0.608. The summed E-state index contributed by atoms with van der Waals surface area (Å²) < 4.78 is 18.6. The molecule has 0 fully saturated rings. The summed E-state index contributed by atoms with van der Waals surface area (Å²) in [6.45, 7) is 0. The lowest BCUT2D eigenvalue weighted by atomic mass is 10.1. The van der Waals surface area contributed by atoms with Crippen LogP contribution in [0, 0.1) is 5.82 Å². The summed E-state index contributed by atoms with van der Waals surface area (Å²) >= 11 is 5.86. The van der Waals surface area contributed by atoms with Gasteiger partial charge in [-0.1, -0.05) is 48.0 Å². The minimum atomic E-state index is -0.695. The molecule has 1 amide bonds. The molecule has 3 aromatic carbocycles. The van der Waals surface area contributed by atoms with Crippen molar-refractivity contribution in [2.24, 2.45) is 0 Å². The Morgan fingerprint density at radius 3 is 2.48 bits per heavy atom. The minimum absolute atomic E-state index is 0.0139. The number of nitrogens with one attached hydrogen (secondary N) is 2. The van der Waals surface area contributed by atoms with Crippen LogP contribution in [-0.2, 0) is 4.79 Å². The molecule has 0 spiro atoms. The van der Waals surface area contributed by atoms with Gasteiger partial charge >= 0.3 is 0 Å². The molecule has 0 heterocycles. The summed E-state index contributed by atoms with van der Waals surface area (Å²) in [5.74, 6) is -0.142. The maximum absolute atomic E-state index is 13.4. The van der Waals surface area contributed by atoms with Crippen LogP contribution in [0.3, 0.4) is 0 Å². The number of anilines is 2. The van der Waals surface area contributed by atoms with Crippen LogP contribution in [0.5, 0.6) is 5.75 Å². The molecule has 0 aliphatic carbocycles. The van der Waals surface area contributed by atoms with Crippen LogP contribution in [0.2, 0.25) is 5.02 Å². The standard InChI is InChI=1S/C21H18ClFN2O2/c1-27-17-9-5-8-15(12-17)25-21(26)20(14-6-3-2-4-7-14)24-16-10-11-19(23)18(22)13-16/h2-13,20,24H,1H3,(H,25,26)/t20-/m0/s1. The highest BCUT2D eigenvalue weighted by atomic mass is 35.5. The second-order valence-corrected chi connectivity index (χ2v) is 6.25. The Morgan fingerprint density at radius 2 is 1.78 bits per heavy atom. The highest BCUT2D eigenvalue weighted by Gasteiger charge is 2.21. The predicted molar refractivity (Wildman–Crippen MR) is 106 cm³/mol. The van der Waals surface area contributed by atoms with Crippen molar-refractivity contribution < 1.29 is 13.9 Å². The van der Waals surface area contributed by atoms with Crippen LogP contribution in [0.4, 0.5) is 15.8 Å². The van der Waals surface area contributed by atoms with Crippen LogP contribution in [0.15, 0.2) is 72.8 Å². The van der Waals surface area contributed by atoms with Crippen molar-refractivity contribution in [3.05, 3.63) is 89.2 Å². The van der Waals surface area contributed by atoms with E-state index in [1.807, 2.05) is 30.3 Å². The number of ether oxygens (including phenoxy) is 1. The largest absolute Gasteiger partial charge is 0.497 e. The molecule has 4 nitrogen and oxygen atoms in total. The molecule has 0 saturated carbocycles. The molecule has 0 saturated heterocycles. The van der Waals surface area contributed by atoms with E-state index >= 15 is 0 Å². The molecular formula is C21H18ClFN2O2. The third kappa shape index (κ3) is 4.77. The summed E-state index contributed by atoms with van der Waals surface area (Å²) in [6, 6.07) is 19.9. The van der Waals surface area contributed by atoms with Gasteiger partial charge in [0.15, 0.2) is 0 Å². The molecule has 1 atom stereocenters. The summed E-state index contributed by atoms with van der Waals surface area (Å²) in [7, 11) is 1.56. The van der Waals surface area contributed by atoms with Gasteiger partial charge in [0.1, 0.15) is 17.6 Å². The van der Waals surface area contributed by atoms with Gasteiger partial charge in [-0.3, -0.25) is 4.79 Å². The highest BCUT2D eigenvalue weighted by Crippen LogP contribution is 2.26. The number of benzene rings is 3. The molecule has 0 aliphatic rings. The SMILES string of the molecule is COc1cccc(NC(=O)[C@@H](Nc2ccc(F)c(Cl)c2)c2ccccc2)c1. The normalized spacial score (nSPS) is 11.5. The van der Waals surface area contributed by atoms with E-state index in [0.717, 1.165) is 5.56 Å². The van der Waals surface area contributed by atoms with Gasteiger partial charge in [0.25, 0.3) is 5.91 Å². The van der Waals surface area contributed by atoms with E-state index < -0.39 is 11.9 Å². The van der Waals surface area contributed by atoms with Gasteiger partial charge < -0.3 is 15.4 Å². The van der Waals surface area contributed by atoms with Crippen molar-refractivity contribution in [3.63, 3.8) is 0 Å². The molecule has 0 aliphatic heterocycles. The molecule has 0 unspecified atom stereocenters. The van der Waals surface area contributed by atoms with Crippen molar-refractivity contribution in [2.75, 3.05) is 17.7 Å². The average Bonchev–Trinajstić information content (AvgIpc) is 2.69. The molecular weight excluding hydrogens is 367 g/mol. The van der Waals surface area contributed by atoms with Crippen LogP contribution in [-0.4, -0.2) is 13.0 Å². The van der Waals surface area contributed by atoms with E-state index in [2.05, 4.69) is 10.6 Å². The molecule has 0 bridgehead atoms. The first-order valence-corrected chi connectivity index (χ1v) is 8.66. The van der Waals surface area contributed by atoms with E-state index in [9.17, 15) is 9.18 Å². The lowest BCUT2D eigenvalue weighted by Gasteiger charge is -2.20. The van der Waals surface area contributed by atoms with Crippen LogP contribution >= 0.6 is 11.6 Å². The first kappa shape index (κ1) is 18.7. The molecule has 3 rings (SSSR count). The minimum Gasteiger partial charge on any atom is -0.497 e. The molecule has 27 heavy (non-hydrogen) atoms. The smallest absolute Gasteiger partial charge is 0.251 e. The van der Waals surface area contributed by atoms with E-state index in [0.29, 0.717) is 17.1 Å². The van der Waals surface area contributed by atoms with Crippen molar-refractivity contribution in [1.82, 2.24) is 0 Å². The number of rotatable bonds is 6. The van der Waals surface area contributed by atoms with Crippen molar-refractivity contribution in [3.8, 4) is 5.75 Å². The Kier molecular flexibility index (Phi) is 5.94. The Labute approximate surface area is 161 Å². The van der Waals surface area contributed by atoms with Gasteiger partial charge in [0.2, 0.25) is 0 Å². The molecule has 6 heteroatoms. The van der Waals surface area contributed by atoms with E-state index in [-0.39, 0.29) is 10.9 Å². The number of amides is 1. The molecule has 138 valence electrons. The fourth-order valence-corrected chi connectivity index (χ4v) is 2.79. The monoisotopic (exact) mass is 384 g/mol. The van der Waals surface area contributed by atoms with Crippen LogP contribution in [0.25, 0.3) is 0 Å². The summed E-state index contributed by atoms with van der Waals surface area (Å²) in [6.07, 6.45) is 0.